The van der Waals surface area contributed by atoms with Crippen molar-refractivity contribution in [1.82, 2.24) is 0 Å². The zero-order valence-corrected chi connectivity index (χ0v) is 18.1. The molecule has 0 fully saturated rings. The number of nitrogens with one attached hydrogen (secondary N) is 1. The number of phenols is 1. The topological polar surface area (TPSA) is 128 Å². The third kappa shape index (κ3) is 5.76. The first-order valence-corrected chi connectivity index (χ1v) is 9.57. The van der Waals surface area contributed by atoms with Crippen LogP contribution in [0.15, 0.2) is 70.9 Å². The number of amides is 1. The van der Waals surface area contributed by atoms with Crippen molar-refractivity contribution in [2.24, 2.45) is 10.2 Å². The van der Waals surface area contributed by atoms with Crippen LogP contribution < -0.4 is 19.7 Å². The number of benzene rings is 3. The molecule has 3 aromatic rings. The minimum Gasteiger partial charge on any atom is -0.508 e. The van der Waals surface area contributed by atoms with Crippen LogP contribution in [0.25, 0.3) is 0 Å². The minimum absolute atomic E-state index is 0.0533. The highest BCUT2D eigenvalue weighted by atomic mass is 16.7. The van der Waals surface area contributed by atoms with Crippen molar-refractivity contribution in [2.45, 2.75) is 0 Å². The summed E-state index contributed by atoms with van der Waals surface area (Å²) in [7, 11) is 4.36. The van der Waals surface area contributed by atoms with Crippen molar-refractivity contribution in [1.29, 1.82) is 0 Å². The number of carbonyl (C=O) groups excluding carboxylic acids is 2. The standard InChI is InChI=1S/C23H21N3O7/c1-30-19-12-15(13-20(31-2)21(19)32-3)23(29)33-26-17-8-6-16(7-9-17)24-25-22(28)14-4-10-18(27)11-5-14/h4-13,26-27H,1-3H3. The van der Waals surface area contributed by atoms with Crippen LogP contribution in [0.5, 0.6) is 23.0 Å². The summed E-state index contributed by atoms with van der Waals surface area (Å²) in [5.74, 6) is -0.162. The van der Waals surface area contributed by atoms with Gasteiger partial charge in [-0.15, -0.1) is 10.2 Å². The lowest BCUT2D eigenvalue weighted by Crippen LogP contribution is -2.11. The number of rotatable bonds is 8. The lowest BCUT2D eigenvalue weighted by atomic mass is 10.2. The van der Waals surface area contributed by atoms with Crippen LogP contribution in [0.4, 0.5) is 11.4 Å². The Morgan fingerprint density at radius 1 is 0.818 bits per heavy atom. The van der Waals surface area contributed by atoms with Crippen molar-refractivity contribution in [2.75, 3.05) is 26.8 Å². The molecule has 0 bridgehead atoms. The first kappa shape index (κ1) is 23.1. The van der Waals surface area contributed by atoms with E-state index in [2.05, 4.69) is 15.7 Å². The van der Waals surface area contributed by atoms with Crippen molar-refractivity contribution in [3.63, 3.8) is 0 Å². The molecular formula is C23H21N3O7. The van der Waals surface area contributed by atoms with Gasteiger partial charge in [0.15, 0.2) is 11.5 Å². The first-order chi connectivity index (χ1) is 15.9. The first-order valence-electron chi connectivity index (χ1n) is 9.57. The predicted molar refractivity (Wildman–Crippen MR) is 119 cm³/mol. The smallest absolute Gasteiger partial charge is 0.363 e. The van der Waals surface area contributed by atoms with E-state index in [1.807, 2.05) is 0 Å². The maximum absolute atomic E-state index is 12.4. The number of azo groups is 1. The molecule has 3 aromatic carbocycles. The van der Waals surface area contributed by atoms with Gasteiger partial charge in [0.25, 0.3) is 5.91 Å². The van der Waals surface area contributed by atoms with E-state index in [9.17, 15) is 14.7 Å². The molecule has 2 N–H and O–H groups in total. The van der Waals surface area contributed by atoms with E-state index >= 15 is 0 Å². The second-order valence-corrected chi connectivity index (χ2v) is 6.50. The Kier molecular flexibility index (Phi) is 7.43. The number of aromatic hydroxyl groups is 1. The normalized spacial score (nSPS) is 10.5. The molecule has 1 amide bonds. The number of anilines is 1. The zero-order chi connectivity index (χ0) is 23.8. The van der Waals surface area contributed by atoms with Crippen LogP contribution in [0.2, 0.25) is 0 Å². The molecule has 0 saturated heterocycles. The summed E-state index contributed by atoms with van der Waals surface area (Å²) in [6.45, 7) is 0. The number of phenolic OH excluding ortho intramolecular Hbond substituents is 1. The van der Waals surface area contributed by atoms with Crippen LogP contribution in [0, 0.1) is 0 Å². The van der Waals surface area contributed by atoms with Gasteiger partial charge in [-0.3, -0.25) is 4.79 Å². The fourth-order valence-corrected chi connectivity index (χ4v) is 2.72. The molecule has 170 valence electrons. The van der Waals surface area contributed by atoms with Gasteiger partial charge in [0.05, 0.1) is 38.3 Å². The van der Waals surface area contributed by atoms with E-state index in [-0.39, 0.29) is 11.3 Å². The van der Waals surface area contributed by atoms with E-state index in [1.54, 1.807) is 24.3 Å². The molecule has 0 aromatic heterocycles. The summed E-state index contributed by atoms with van der Waals surface area (Å²) in [6.07, 6.45) is 0. The molecular weight excluding hydrogens is 430 g/mol. The molecule has 0 aliphatic rings. The molecule has 0 unspecified atom stereocenters. The quantitative estimate of drug-likeness (QED) is 0.378. The van der Waals surface area contributed by atoms with E-state index < -0.39 is 11.9 Å². The monoisotopic (exact) mass is 451 g/mol. The third-order valence-electron chi connectivity index (χ3n) is 4.40. The molecule has 10 heteroatoms. The fourth-order valence-electron chi connectivity index (χ4n) is 2.72. The Bertz CT molecular complexity index is 1130. The van der Waals surface area contributed by atoms with Gasteiger partial charge in [-0.1, -0.05) is 0 Å². The van der Waals surface area contributed by atoms with E-state index in [0.717, 1.165) is 0 Å². The van der Waals surface area contributed by atoms with Crippen molar-refractivity contribution >= 4 is 23.3 Å². The SMILES string of the molecule is COc1cc(C(=O)ONc2ccc(N=NC(=O)c3ccc(O)cc3)cc2)cc(OC)c1OC. The van der Waals surface area contributed by atoms with Gasteiger partial charge in [-0.25, -0.2) is 10.3 Å². The number of hydrogen-bond donors (Lipinski definition) is 2. The van der Waals surface area contributed by atoms with Gasteiger partial charge < -0.3 is 24.2 Å². The average Bonchev–Trinajstić information content (AvgIpc) is 2.85. The number of hydrogen-bond acceptors (Lipinski definition) is 9. The van der Waals surface area contributed by atoms with Gasteiger partial charge in [0, 0.05) is 5.56 Å². The number of ether oxygens (including phenoxy) is 3. The second-order valence-electron chi connectivity index (χ2n) is 6.50. The molecule has 0 saturated carbocycles. The molecule has 0 heterocycles. The van der Waals surface area contributed by atoms with Crippen LogP contribution in [0.3, 0.4) is 0 Å². The Morgan fingerprint density at radius 3 is 1.97 bits per heavy atom. The van der Waals surface area contributed by atoms with Gasteiger partial charge in [0.2, 0.25) is 5.75 Å². The van der Waals surface area contributed by atoms with Crippen molar-refractivity contribution in [3.05, 3.63) is 71.8 Å². The lowest BCUT2D eigenvalue weighted by Gasteiger charge is -2.14. The molecule has 0 atom stereocenters. The average molecular weight is 451 g/mol. The van der Waals surface area contributed by atoms with Crippen LogP contribution in [-0.4, -0.2) is 38.3 Å². The number of carbonyl (C=O) groups is 2. The van der Waals surface area contributed by atoms with Crippen LogP contribution in [0.1, 0.15) is 20.7 Å². The Morgan fingerprint density at radius 2 is 1.42 bits per heavy atom. The zero-order valence-electron chi connectivity index (χ0n) is 18.1. The molecule has 0 aliphatic heterocycles. The predicted octanol–water partition coefficient (Wildman–Crippen LogP) is 4.53. The van der Waals surface area contributed by atoms with Gasteiger partial charge in [-0.05, 0) is 60.7 Å². The summed E-state index contributed by atoms with van der Waals surface area (Å²) in [6, 6.07) is 15.0. The van der Waals surface area contributed by atoms with Crippen LogP contribution >= 0.6 is 0 Å². The molecule has 33 heavy (non-hydrogen) atoms. The van der Waals surface area contributed by atoms with Gasteiger partial charge in [0.1, 0.15) is 5.75 Å². The maximum Gasteiger partial charge on any atom is 0.363 e. The third-order valence-corrected chi connectivity index (χ3v) is 4.40. The largest absolute Gasteiger partial charge is 0.508 e. The molecule has 3 rings (SSSR count). The van der Waals surface area contributed by atoms with E-state index in [4.69, 9.17) is 19.0 Å². The highest BCUT2D eigenvalue weighted by Crippen LogP contribution is 2.38. The lowest BCUT2D eigenvalue weighted by molar-refractivity contribution is 0.0595. The number of methoxy groups -OCH3 is 3. The molecule has 0 radical (unpaired) electrons. The summed E-state index contributed by atoms with van der Waals surface area (Å²) in [4.78, 5) is 29.6. The van der Waals surface area contributed by atoms with Gasteiger partial charge >= 0.3 is 5.97 Å². The molecule has 10 nitrogen and oxygen atoms in total. The van der Waals surface area contributed by atoms with E-state index in [1.165, 1.54) is 57.7 Å². The molecule has 0 aliphatic carbocycles. The Labute approximate surface area is 189 Å². The van der Waals surface area contributed by atoms with Crippen molar-refractivity contribution < 1.29 is 33.7 Å². The summed E-state index contributed by atoms with van der Waals surface area (Å²) in [5, 5.41) is 16.8. The number of nitrogens with zero attached hydrogens (tertiary/aromatic N) is 2. The summed E-state index contributed by atoms with van der Waals surface area (Å²) in [5.41, 5.74) is 3.93. The van der Waals surface area contributed by atoms with E-state index in [0.29, 0.717) is 34.2 Å². The Hall–Kier alpha value is -4.60. The summed E-state index contributed by atoms with van der Waals surface area (Å²) < 4.78 is 15.7. The second kappa shape index (κ2) is 10.6. The van der Waals surface area contributed by atoms with Crippen LogP contribution in [-0.2, 0) is 4.84 Å². The summed E-state index contributed by atoms with van der Waals surface area (Å²) >= 11 is 0. The highest BCUT2D eigenvalue weighted by Gasteiger charge is 2.18. The fraction of sp³-hybridized carbons (Fsp3) is 0.130. The minimum atomic E-state index is -0.669. The Balaban J connectivity index is 1.62. The molecule has 0 spiro atoms. The van der Waals surface area contributed by atoms with Gasteiger partial charge in [-0.2, -0.15) is 0 Å². The van der Waals surface area contributed by atoms with Crippen molar-refractivity contribution in [3.8, 4) is 23.0 Å². The highest BCUT2D eigenvalue weighted by molar-refractivity contribution is 5.94. The maximum atomic E-state index is 12.4.